The van der Waals surface area contributed by atoms with Gasteiger partial charge in [-0.3, -0.25) is 9.59 Å². The van der Waals surface area contributed by atoms with Gasteiger partial charge in [-0.2, -0.15) is 0 Å². The first kappa shape index (κ1) is 19.2. The van der Waals surface area contributed by atoms with E-state index in [1.54, 1.807) is 0 Å². The summed E-state index contributed by atoms with van der Waals surface area (Å²) in [5.74, 6) is -13.2. The van der Waals surface area contributed by atoms with Crippen molar-refractivity contribution < 1.29 is 41.0 Å². The van der Waals surface area contributed by atoms with Crippen LogP contribution >= 0.6 is 0 Å². The highest BCUT2D eigenvalue weighted by atomic mass is 19.3. The van der Waals surface area contributed by atoms with Gasteiger partial charge in [0.25, 0.3) is 17.8 Å². The van der Waals surface area contributed by atoms with Gasteiger partial charge in [-0.25, -0.2) is 26.3 Å². The topological polar surface area (TPSA) is 69.6 Å². The molecule has 5 nitrogen and oxygen atoms in total. The van der Waals surface area contributed by atoms with Crippen LogP contribution in [0.1, 0.15) is 39.0 Å². The van der Waals surface area contributed by atoms with E-state index >= 15 is 0 Å². The van der Waals surface area contributed by atoms with Gasteiger partial charge in [-0.1, -0.05) is 0 Å². The molecule has 26 heavy (non-hydrogen) atoms. The molecule has 2 saturated carbocycles. The van der Waals surface area contributed by atoms with Crippen molar-refractivity contribution in [2.45, 2.75) is 74.0 Å². The molecule has 1 heterocycles. The Morgan fingerprint density at radius 3 is 2.04 bits per heavy atom. The van der Waals surface area contributed by atoms with Gasteiger partial charge < -0.3 is 15.3 Å². The molecule has 0 aromatic heterocycles. The van der Waals surface area contributed by atoms with Crippen LogP contribution in [0, 0.1) is 0 Å². The Bertz CT molecular complexity index is 647. The smallest absolute Gasteiger partial charge is 0.312 e. The number of nitrogens with one attached hydrogen (secondary N) is 1. The second kappa shape index (κ2) is 5.26. The van der Waals surface area contributed by atoms with E-state index in [0.717, 1.165) is 0 Å². The van der Waals surface area contributed by atoms with Crippen LogP contribution in [0.25, 0.3) is 0 Å². The van der Waals surface area contributed by atoms with Gasteiger partial charge in [0, 0.05) is 31.2 Å². The average Bonchev–Trinajstić information content (AvgIpc) is 2.85. The number of hydrogen-bond donors (Lipinski definition) is 2. The molecule has 2 amide bonds. The summed E-state index contributed by atoms with van der Waals surface area (Å²) in [6.07, 6.45) is -6.57. The van der Waals surface area contributed by atoms with Gasteiger partial charge in [-0.05, 0) is 13.3 Å². The van der Waals surface area contributed by atoms with Crippen molar-refractivity contribution in [2.75, 3.05) is 6.54 Å². The quantitative estimate of drug-likeness (QED) is 0.531. The molecule has 3 aliphatic rings. The summed E-state index contributed by atoms with van der Waals surface area (Å²) in [4.78, 5) is 24.8. The van der Waals surface area contributed by atoms with E-state index < -0.39 is 85.4 Å². The maximum Gasteiger partial charge on any atom is 0.312 e. The number of halogens is 6. The molecule has 0 bridgehead atoms. The molecule has 11 heteroatoms. The molecule has 1 spiro atoms. The molecular formula is C15H18F6N2O3. The fourth-order valence-electron chi connectivity index (χ4n) is 4.39. The molecule has 3 rings (SSSR count). The van der Waals surface area contributed by atoms with Gasteiger partial charge in [0.05, 0.1) is 12.1 Å². The van der Waals surface area contributed by atoms with E-state index in [2.05, 4.69) is 5.32 Å². The van der Waals surface area contributed by atoms with Gasteiger partial charge in [0.15, 0.2) is 0 Å². The molecule has 2 aliphatic carbocycles. The third-order valence-electron chi connectivity index (χ3n) is 5.46. The highest BCUT2D eigenvalue weighted by molar-refractivity contribution is 6.35. The van der Waals surface area contributed by atoms with Crippen molar-refractivity contribution in [2.24, 2.45) is 0 Å². The summed E-state index contributed by atoms with van der Waals surface area (Å²) in [6, 6.07) is 0. The first-order valence-electron chi connectivity index (χ1n) is 8.07. The van der Waals surface area contributed by atoms with E-state index in [4.69, 9.17) is 0 Å². The van der Waals surface area contributed by atoms with Crippen molar-refractivity contribution in [1.82, 2.24) is 10.2 Å². The van der Waals surface area contributed by atoms with Crippen molar-refractivity contribution in [3.63, 3.8) is 0 Å². The van der Waals surface area contributed by atoms with Crippen molar-refractivity contribution in [3.8, 4) is 0 Å². The Labute approximate surface area is 144 Å². The molecule has 0 aromatic rings. The minimum atomic E-state index is -3.86. The summed E-state index contributed by atoms with van der Waals surface area (Å²) in [6.45, 7) is -0.119. The van der Waals surface area contributed by atoms with Crippen LogP contribution in [0.3, 0.4) is 0 Å². The van der Waals surface area contributed by atoms with Crippen LogP contribution in [0.15, 0.2) is 0 Å². The first-order valence-corrected chi connectivity index (χ1v) is 8.07. The lowest BCUT2D eigenvalue weighted by Crippen LogP contribution is -2.64. The van der Waals surface area contributed by atoms with Gasteiger partial charge in [0.2, 0.25) is 0 Å². The van der Waals surface area contributed by atoms with Crippen LogP contribution in [0.2, 0.25) is 0 Å². The van der Waals surface area contributed by atoms with Gasteiger partial charge in [0.1, 0.15) is 6.10 Å². The molecule has 148 valence electrons. The Kier molecular flexibility index (Phi) is 3.90. The first-order chi connectivity index (χ1) is 11.6. The number of aliphatic hydroxyl groups is 1. The fourth-order valence-corrected chi connectivity index (χ4v) is 4.39. The lowest BCUT2D eigenvalue weighted by atomic mass is 9.75. The minimum Gasteiger partial charge on any atom is -0.384 e. The molecule has 3 fully saturated rings. The predicted octanol–water partition coefficient (Wildman–Crippen LogP) is 1.69. The number of hydrogen-bond acceptors (Lipinski definition) is 3. The molecule has 0 unspecified atom stereocenters. The zero-order valence-corrected chi connectivity index (χ0v) is 13.8. The normalized spacial score (nSPS) is 36.0. The SMILES string of the molecule is CC1(NC(=O)C(=O)N2CC(F)(F)[C@@H](O)[C@@]23CCC(F)(F)C3)CC(F)(F)C1. The lowest BCUT2D eigenvalue weighted by molar-refractivity contribution is -0.159. The Morgan fingerprint density at radius 1 is 1.00 bits per heavy atom. The summed E-state index contributed by atoms with van der Waals surface area (Å²) in [7, 11) is 0. The van der Waals surface area contributed by atoms with Crippen LogP contribution in [-0.2, 0) is 9.59 Å². The van der Waals surface area contributed by atoms with E-state index in [-0.39, 0.29) is 4.90 Å². The summed E-state index contributed by atoms with van der Waals surface area (Å²) >= 11 is 0. The third kappa shape index (κ3) is 2.93. The predicted molar refractivity (Wildman–Crippen MR) is 74.9 cm³/mol. The number of rotatable bonds is 1. The second-order valence-corrected chi connectivity index (χ2v) is 7.92. The monoisotopic (exact) mass is 388 g/mol. The molecule has 1 aliphatic heterocycles. The maximum absolute atomic E-state index is 14.0. The van der Waals surface area contributed by atoms with Crippen molar-refractivity contribution in [1.29, 1.82) is 0 Å². The molecule has 1 saturated heterocycles. The van der Waals surface area contributed by atoms with E-state index in [0.29, 0.717) is 0 Å². The number of aliphatic hydroxyl groups excluding tert-OH is 1. The summed E-state index contributed by atoms with van der Waals surface area (Å²) in [5, 5.41) is 12.0. The lowest BCUT2D eigenvalue weighted by Gasteiger charge is -2.45. The summed E-state index contributed by atoms with van der Waals surface area (Å²) < 4.78 is 81.2. The van der Waals surface area contributed by atoms with Crippen molar-refractivity contribution in [3.05, 3.63) is 0 Å². The number of carbonyl (C=O) groups excluding carboxylic acids is 2. The van der Waals surface area contributed by atoms with E-state index in [9.17, 15) is 41.0 Å². The molecule has 0 radical (unpaired) electrons. The fraction of sp³-hybridized carbons (Fsp3) is 0.867. The van der Waals surface area contributed by atoms with Crippen LogP contribution in [0.4, 0.5) is 26.3 Å². The molecule has 0 aromatic carbocycles. The van der Waals surface area contributed by atoms with E-state index in [1.165, 1.54) is 6.92 Å². The zero-order valence-electron chi connectivity index (χ0n) is 13.8. The maximum atomic E-state index is 14.0. The number of carbonyl (C=O) groups is 2. The highest BCUT2D eigenvalue weighted by Crippen LogP contribution is 2.54. The average molecular weight is 388 g/mol. The Morgan fingerprint density at radius 2 is 1.58 bits per heavy atom. The highest BCUT2D eigenvalue weighted by Gasteiger charge is 2.70. The standard InChI is InChI=1S/C15H18F6N2O3/c1-11(4-14(18,19)5-11)22-8(24)9(25)23-7-15(20,21)10(26)12(23)2-3-13(16,17)6-12/h10,26H,2-7H2,1H3,(H,22,24)/t10-,12-/m0/s1. The minimum absolute atomic E-state index is 0.286. The molecule has 2 atom stereocenters. The van der Waals surface area contributed by atoms with Gasteiger partial charge >= 0.3 is 11.8 Å². The third-order valence-corrected chi connectivity index (χ3v) is 5.46. The molecule has 2 N–H and O–H groups in total. The zero-order chi connectivity index (χ0) is 19.8. The van der Waals surface area contributed by atoms with Gasteiger partial charge in [-0.15, -0.1) is 0 Å². The Hall–Kier alpha value is -1.52. The molecular weight excluding hydrogens is 370 g/mol. The number of alkyl halides is 6. The number of amides is 2. The van der Waals surface area contributed by atoms with Crippen molar-refractivity contribution >= 4 is 11.8 Å². The summed E-state index contributed by atoms with van der Waals surface area (Å²) in [5.41, 5.74) is -3.64. The Balaban J connectivity index is 1.80. The van der Waals surface area contributed by atoms with Crippen LogP contribution in [0.5, 0.6) is 0 Å². The largest absolute Gasteiger partial charge is 0.384 e. The number of likely N-dealkylation sites (tertiary alicyclic amines) is 1. The van der Waals surface area contributed by atoms with Crippen LogP contribution < -0.4 is 5.32 Å². The second-order valence-electron chi connectivity index (χ2n) is 7.92. The van der Waals surface area contributed by atoms with E-state index in [1.807, 2.05) is 0 Å². The van der Waals surface area contributed by atoms with Crippen LogP contribution in [-0.4, -0.2) is 63.3 Å². The number of nitrogens with zero attached hydrogens (tertiary/aromatic N) is 1.